The Morgan fingerprint density at radius 2 is 2.33 bits per heavy atom. The fourth-order valence-electron chi connectivity index (χ4n) is 2.89. The first-order chi connectivity index (χ1) is 11.6. The summed E-state index contributed by atoms with van der Waals surface area (Å²) in [5, 5.41) is 17.1. The summed E-state index contributed by atoms with van der Waals surface area (Å²) in [6, 6.07) is 3.84. The summed E-state index contributed by atoms with van der Waals surface area (Å²) in [6.07, 6.45) is 4.20. The Kier molecular flexibility index (Phi) is 5.30. The van der Waals surface area contributed by atoms with Gasteiger partial charge >= 0.3 is 0 Å². The summed E-state index contributed by atoms with van der Waals surface area (Å²) in [7, 11) is 0. The predicted octanol–water partition coefficient (Wildman–Crippen LogP) is 2.24. The molecule has 0 bridgehead atoms. The molecule has 0 saturated carbocycles. The first-order valence-electron chi connectivity index (χ1n) is 8.54. The van der Waals surface area contributed by atoms with E-state index in [1.54, 1.807) is 6.20 Å². The van der Waals surface area contributed by atoms with Gasteiger partial charge in [0.05, 0.1) is 18.3 Å². The van der Waals surface area contributed by atoms with E-state index in [0.717, 1.165) is 43.1 Å². The van der Waals surface area contributed by atoms with Crippen LogP contribution in [0.1, 0.15) is 38.1 Å². The van der Waals surface area contributed by atoms with Gasteiger partial charge in [0.2, 0.25) is 5.95 Å². The molecule has 3 heterocycles. The lowest BCUT2D eigenvalue weighted by Gasteiger charge is -2.31. The molecule has 1 unspecified atom stereocenters. The molecule has 1 saturated heterocycles. The topological polar surface area (TPSA) is 87.3 Å². The van der Waals surface area contributed by atoms with Gasteiger partial charge in [-0.15, -0.1) is 0 Å². The first-order valence-corrected chi connectivity index (χ1v) is 8.54. The van der Waals surface area contributed by atoms with Crippen LogP contribution in [0.4, 0.5) is 11.8 Å². The summed E-state index contributed by atoms with van der Waals surface area (Å²) in [5.74, 6) is 2.71. The zero-order chi connectivity index (χ0) is 16.9. The van der Waals surface area contributed by atoms with Crippen molar-refractivity contribution in [2.75, 3.05) is 23.3 Å². The number of hydrogen-bond acceptors (Lipinski definition) is 7. The second kappa shape index (κ2) is 7.61. The van der Waals surface area contributed by atoms with Crippen LogP contribution in [-0.2, 0) is 13.0 Å². The van der Waals surface area contributed by atoms with Crippen molar-refractivity contribution in [1.82, 2.24) is 15.1 Å². The predicted molar refractivity (Wildman–Crippen MR) is 91.9 cm³/mol. The van der Waals surface area contributed by atoms with E-state index in [1.807, 2.05) is 12.1 Å². The third-order valence-corrected chi connectivity index (χ3v) is 4.01. The van der Waals surface area contributed by atoms with E-state index in [-0.39, 0.29) is 6.10 Å². The van der Waals surface area contributed by atoms with E-state index in [9.17, 15) is 5.11 Å². The zero-order valence-electron chi connectivity index (χ0n) is 14.3. The average Bonchev–Trinajstić information content (AvgIpc) is 3.00. The highest BCUT2D eigenvalue weighted by Crippen LogP contribution is 2.19. The molecule has 1 atom stereocenters. The van der Waals surface area contributed by atoms with E-state index in [1.165, 1.54) is 0 Å². The monoisotopic (exact) mass is 331 g/mol. The van der Waals surface area contributed by atoms with Crippen molar-refractivity contribution in [3.8, 4) is 0 Å². The molecule has 2 N–H and O–H groups in total. The quantitative estimate of drug-likeness (QED) is 0.839. The van der Waals surface area contributed by atoms with Crippen LogP contribution in [0.3, 0.4) is 0 Å². The van der Waals surface area contributed by atoms with E-state index < -0.39 is 0 Å². The molecule has 0 aliphatic carbocycles. The summed E-state index contributed by atoms with van der Waals surface area (Å²) >= 11 is 0. The fraction of sp³-hybridized carbons (Fsp3) is 0.588. The Morgan fingerprint density at radius 3 is 3.12 bits per heavy atom. The summed E-state index contributed by atoms with van der Waals surface area (Å²) in [6.45, 7) is 6.34. The molecule has 130 valence electrons. The maximum Gasteiger partial charge on any atom is 0.224 e. The van der Waals surface area contributed by atoms with Gasteiger partial charge in [0.1, 0.15) is 5.82 Å². The van der Waals surface area contributed by atoms with Crippen molar-refractivity contribution in [3.63, 3.8) is 0 Å². The van der Waals surface area contributed by atoms with Gasteiger partial charge in [0, 0.05) is 25.4 Å². The molecule has 0 amide bonds. The van der Waals surface area contributed by atoms with Gasteiger partial charge in [-0.05, 0) is 31.2 Å². The third-order valence-electron chi connectivity index (χ3n) is 4.01. The van der Waals surface area contributed by atoms with E-state index in [2.05, 4.69) is 39.2 Å². The summed E-state index contributed by atoms with van der Waals surface area (Å²) in [5.41, 5.74) is 0.971. The van der Waals surface area contributed by atoms with Gasteiger partial charge in [0.15, 0.2) is 5.76 Å². The summed E-state index contributed by atoms with van der Waals surface area (Å²) < 4.78 is 5.34. The smallest absolute Gasteiger partial charge is 0.224 e. The van der Waals surface area contributed by atoms with Crippen molar-refractivity contribution in [2.24, 2.45) is 5.92 Å². The highest BCUT2D eigenvalue weighted by atomic mass is 16.5. The largest absolute Gasteiger partial charge is 0.391 e. The van der Waals surface area contributed by atoms with Crippen molar-refractivity contribution in [2.45, 2.75) is 45.8 Å². The van der Waals surface area contributed by atoms with E-state index in [0.29, 0.717) is 25.0 Å². The molecule has 24 heavy (non-hydrogen) atoms. The van der Waals surface area contributed by atoms with Gasteiger partial charge in [-0.1, -0.05) is 19.0 Å². The van der Waals surface area contributed by atoms with Gasteiger partial charge in [-0.3, -0.25) is 0 Å². The third kappa shape index (κ3) is 4.44. The number of rotatable bonds is 6. The van der Waals surface area contributed by atoms with Crippen LogP contribution in [0.25, 0.3) is 0 Å². The summed E-state index contributed by atoms with van der Waals surface area (Å²) in [4.78, 5) is 10.9. The minimum Gasteiger partial charge on any atom is -0.391 e. The molecule has 0 spiro atoms. The Labute approximate surface area is 142 Å². The number of piperidine rings is 1. The number of β-amino-alcohol motifs (C(OH)–C–C–N with tert-alkyl or cyclic N) is 1. The highest BCUT2D eigenvalue weighted by Gasteiger charge is 2.19. The van der Waals surface area contributed by atoms with Crippen molar-refractivity contribution < 1.29 is 9.63 Å². The molecular weight excluding hydrogens is 306 g/mol. The highest BCUT2D eigenvalue weighted by molar-refractivity contribution is 5.43. The van der Waals surface area contributed by atoms with Crippen molar-refractivity contribution >= 4 is 11.8 Å². The number of aromatic nitrogens is 3. The molecule has 2 aromatic rings. The molecule has 1 fully saturated rings. The Balaban J connectivity index is 1.59. The van der Waals surface area contributed by atoms with Crippen LogP contribution in [0, 0.1) is 5.92 Å². The molecule has 7 heteroatoms. The first kappa shape index (κ1) is 16.7. The van der Waals surface area contributed by atoms with Crippen LogP contribution in [0.15, 0.2) is 22.9 Å². The maximum atomic E-state index is 9.81. The van der Waals surface area contributed by atoms with Crippen LogP contribution in [-0.4, -0.2) is 39.4 Å². The number of nitrogens with one attached hydrogen (secondary N) is 1. The lowest BCUT2D eigenvalue weighted by molar-refractivity contribution is 0.154. The van der Waals surface area contributed by atoms with Crippen LogP contribution < -0.4 is 10.2 Å². The minimum atomic E-state index is -0.279. The lowest BCUT2D eigenvalue weighted by Crippen LogP contribution is -2.38. The number of aliphatic hydroxyl groups excluding tert-OH is 1. The van der Waals surface area contributed by atoms with Crippen LogP contribution >= 0.6 is 0 Å². The van der Waals surface area contributed by atoms with E-state index in [4.69, 9.17) is 4.52 Å². The van der Waals surface area contributed by atoms with Crippen LogP contribution in [0.2, 0.25) is 0 Å². The number of nitrogens with zero attached hydrogens (tertiary/aromatic N) is 4. The zero-order valence-corrected chi connectivity index (χ0v) is 14.3. The second-order valence-corrected chi connectivity index (χ2v) is 6.72. The van der Waals surface area contributed by atoms with Gasteiger partial charge in [-0.25, -0.2) is 4.98 Å². The Hall–Kier alpha value is -2.15. The van der Waals surface area contributed by atoms with Gasteiger partial charge in [0.25, 0.3) is 0 Å². The second-order valence-electron chi connectivity index (χ2n) is 6.72. The molecule has 2 aromatic heterocycles. The van der Waals surface area contributed by atoms with Crippen molar-refractivity contribution in [1.29, 1.82) is 0 Å². The normalized spacial score (nSPS) is 18.2. The molecule has 7 nitrogen and oxygen atoms in total. The molecule has 0 radical (unpaired) electrons. The molecule has 1 aliphatic rings. The van der Waals surface area contributed by atoms with Gasteiger partial charge in [-0.2, -0.15) is 4.98 Å². The number of hydrogen-bond donors (Lipinski definition) is 2. The minimum absolute atomic E-state index is 0.279. The van der Waals surface area contributed by atoms with Crippen molar-refractivity contribution in [3.05, 3.63) is 29.8 Å². The lowest BCUT2D eigenvalue weighted by atomic mass is 10.1. The number of anilines is 2. The molecule has 1 aliphatic heterocycles. The SMILES string of the molecule is CC(C)Cc1cc(CNc2nccc(N3CCCC(O)C3)n2)on1. The number of aliphatic hydroxyl groups is 1. The standard InChI is InChI=1S/C17H25N5O2/c1-12(2)8-13-9-15(24-21-13)10-19-17-18-6-5-16(20-17)22-7-3-4-14(23)11-22/h5-6,9,12,14,23H,3-4,7-8,10-11H2,1-2H3,(H,18,19,20). The van der Waals surface area contributed by atoms with Gasteiger partial charge < -0.3 is 19.8 Å². The molecular formula is C17H25N5O2. The Morgan fingerprint density at radius 1 is 1.46 bits per heavy atom. The fourth-order valence-corrected chi connectivity index (χ4v) is 2.89. The average molecular weight is 331 g/mol. The maximum absolute atomic E-state index is 9.81. The molecule has 3 rings (SSSR count). The Bertz CT molecular complexity index is 658. The van der Waals surface area contributed by atoms with Crippen LogP contribution in [0.5, 0.6) is 0 Å². The molecule has 0 aromatic carbocycles. The van der Waals surface area contributed by atoms with E-state index >= 15 is 0 Å².